The summed E-state index contributed by atoms with van der Waals surface area (Å²) in [6.45, 7) is 6.90. The molecule has 0 radical (unpaired) electrons. The van der Waals surface area contributed by atoms with Crippen molar-refractivity contribution in [1.29, 1.82) is 0 Å². The van der Waals surface area contributed by atoms with Gasteiger partial charge < -0.3 is 20.7 Å². The van der Waals surface area contributed by atoms with Crippen LogP contribution in [-0.4, -0.2) is 43.2 Å². The van der Waals surface area contributed by atoms with E-state index in [9.17, 15) is 4.79 Å². The lowest BCUT2D eigenvalue weighted by molar-refractivity contribution is -0.119. The Kier molecular flexibility index (Phi) is 4.79. The number of ether oxygens (including phenoxy) is 1. The van der Waals surface area contributed by atoms with Crippen LogP contribution >= 0.6 is 11.3 Å². The number of fused-ring (bicyclic) bond motifs is 1. The third-order valence-corrected chi connectivity index (χ3v) is 5.21. The molecule has 2 unspecified atom stereocenters. The Labute approximate surface area is 139 Å². The number of aromatic nitrogens is 1. The van der Waals surface area contributed by atoms with Crippen molar-refractivity contribution in [1.82, 2.24) is 4.98 Å². The van der Waals surface area contributed by atoms with Crippen molar-refractivity contribution < 1.29 is 9.53 Å². The second-order valence-corrected chi connectivity index (χ2v) is 6.92. The molecule has 1 amide bonds. The van der Waals surface area contributed by atoms with Gasteiger partial charge in [-0.25, -0.2) is 4.98 Å². The number of anilines is 2. The molecule has 2 aromatic rings. The second kappa shape index (κ2) is 6.82. The topological polar surface area (TPSA) is 80.5 Å². The molecular formula is C16H22N4O2S. The number of morpholine rings is 1. The summed E-state index contributed by atoms with van der Waals surface area (Å²) in [5, 5.41) is 3.94. The Balaban J connectivity index is 1.77. The predicted molar refractivity (Wildman–Crippen MR) is 94.1 cm³/mol. The van der Waals surface area contributed by atoms with Crippen LogP contribution in [0.25, 0.3) is 10.2 Å². The van der Waals surface area contributed by atoms with E-state index < -0.39 is 0 Å². The van der Waals surface area contributed by atoms with E-state index in [2.05, 4.69) is 15.2 Å². The molecule has 6 nitrogen and oxygen atoms in total. The molecule has 1 aromatic carbocycles. The molecule has 1 aliphatic rings. The maximum atomic E-state index is 12.1. The molecule has 1 fully saturated rings. The smallest absolute Gasteiger partial charge is 0.228 e. The highest BCUT2D eigenvalue weighted by Crippen LogP contribution is 2.31. The molecular weight excluding hydrogens is 312 g/mol. The number of amides is 1. The van der Waals surface area contributed by atoms with Crippen LogP contribution in [0.5, 0.6) is 0 Å². The van der Waals surface area contributed by atoms with Crippen LogP contribution in [0.2, 0.25) is 0 Å². The van der Waals surface area contributed by atoms with Gasteiger partial charge in [-0.05, 0) is 25.1 Å². The Morgan fingerprint density at radius 2 is 2.13 bits per heavy atom. The normalized spacial score (nSPS) is 18.0. The molecule has 0 spiro atoms. The van der Waals surface area contributed by atoms with Gasteiger partial charge in [-0.1, -0.05) is 18.3 Å². The second-order valence-electron chi connectivity index (χ2n) is 5.92. The third-order valence-electron chi connectivity index (χ3n) is 4.13. The minimum atomic E-state index is -0.226. The van der Waals surface area contributed by atoms with Gasteiger partial charge >= 0.3 is 0 Å². The van der Waals surface area contributed by atoms with Crippen LogP contribution in [0.15, 0.2) is 18.2 Å². The van der Waals surface area contributed by atoms with Gasteiger partial charge in [0.15, 0.2) is 5.13 Å². The molecule has 0 aliphatic carbocycles. The number of carbonyl (C=O) groups excluding carboxylic acids is 1. The largest absolute Gasteiger partial charge is 0.378 e. The Morgan fingerprint density at radius 1 is 1.39 bits per heavy atom. The zero-order chi connectivity index (χ0) is 16.4. The lowest BCUT2D eigenvalue weighted by Gasteiger charge is -2.25. The Bertz CT molecular complexity index is 694. The maximum absolute atomic E-state index is 12.1. The fraction of sp³-hybridized carbons (Fsp3) is 0.500. The fourth-order valence-electron chi connectivity index (χ4n) is 2.37. The molecule has 2 heterocycles. The lowest BCUT2D eigenvalue weighted by atomic mass is 10.0. The number of carbonyl (C=O) groups is 1. The molecule has 7 heteroatoms. The first-order valence-corrected chi connectivity index (χ1v) is 8.66. The summed E-state index contributed by atoms with van der Waals surface area (Å²) in [4.78, 5) is 19.0. The first-order chi connectivity index (χ1) is 11.0. The first kappa shape index (κ1) is 16.2. The van der Waals surface area contributed by atoms with Crippen molar-refractivity contribution in [3.63, 3.8) is 0 Å². The monoisotopic (exact) mass is 334 g/mol. The van der Waals surface area contributed by atoms with Crippen LogP contribution in [0.1, 0.15) is 13.8 Å². The van der Waals surface area contributed by atoms with E-state index in [-0.39, 0.29) is 17.9 Å². The molecule has 1 saturated heterocycles. The van der Waals surface area contributed by atoms with Gasteiger partial charge in [0, 0.05) is 24.8 Å². The molecule has 23 heavy (non-hydrogen) atoms. The maximum Gasteiger partial charge on any atom is 0.228 e. The van der Waals surface area contributed by atoms with E-state index in [0.29, 0.717) is 0 Å². The highest BCUT2D eigenvalue weighted by molar-refractivity contribution is 7.22. The molecule has 0 saturated carbocycles. The summed E-state index contributed by atoms with van der Waals surface area (Å²) in [5.41, 5.74) is 7.52. The van der Waals surface area contributed by atoms with Gasteiger partial charge in [0.05, 0.1) is 29.3 Å². The number of hydrogen-bond donors (Lipinski definition) is 2. The average molecular weight is 334 g/mol. The van der Waals surface area contributed by atoms with Crippen molar-refractivity contribution in [2.24, 2.45) is 11.7 Å². The summed E-state index contributed by atoms with van der Waals surface area (Å²) in [6, 6.07) is 5.64. The van der Waals surface area contributed by atoms with E-state index >= 15 is 0 Å². The zero-order valence-corrected chi connectivity index (χ0v) is 14.2. The number of nitrogens with one attached hydrogen (secondary N) is 1. The van der Waals surface area contributed by atoms with Crippen molar-refractivity contribution in [3.8, 4) is 0 Å². The highest BCUT2D eigenvalue weighted by Gasteiger charge is 2.18. The average Bonchev–Trinajstić information content (AvgIpc) is 2.98. The van der Waals surface area contributed by atoms with Crippen LogP contribution in [-0.2, 0) is 9.53 Å². The van der Waals surface area contributed by atoms with Gasteiger partial charge in [0.25, 0.3) is 0 Å². The van der Waals surface area contributed by atoms with Crippen LogP contribution in [0.3, 0.4) is 0 Å². The van der Waals surface area contributed by atoms with Gasteiger partial charge in [-0.15, -0.1) is 0 Å². The van der Waals surface area contributed by atoms with Crippen LogP contribution in [0.4, 0.5) is 10.8 Å². The van der Waals surface area contributed by atoms with Crippen LogP contribution < -0.4 is 16.0 Å². The van der Waals surface area contributed by atoms with Crippen molar-refractivity contribution >= 4 is 38.3 Å². The number of nitrogens with zero attached hydrogens (tertiary/aromatic N) is 2. The third kappa shape index (κ3) is 3.63. The molecule has 1 aromatic heterocycles. The molecule has 124 valence electrons. The van der Waals surface area contributed by atoms with Crippen molar-refractivity contribution in [2.45, 2.75) is 19.9 Å². The standard InChI is InChI=1S/C16H22N4O2S/c1-10(11(2)17)15(21)18-12-3-4-13-14(9-12)23-16(19-13)20-5-7-22-8-6-20/h3-4,9-11H,5-8,17H2,1-2H3,(H,18,21). The van der Waals surface area contributed by atoms with E-state index in [1.54, 1.807) is 11.3 Å². The predicted octanol–water partition coefficient (Wildman–Crippen LogP) is 2.05. The number of hydrogen-bond acceptors (Lipinski definition) is 6. The van der Waals surface area contributed by atoms with E-state index in [4.69, 9.17) is 10.5 Å². The molecule has 2 atom stereocenters. The summed E-state index contributed by atoms with van der Waals surface area (Å²) < 4.78 is 6.44. The number of nitrogens with two attached hydrogens (primary N) is 1. The quantitative estimate of drug-likeness (QED) is 0.894. The van der Waals surface area contributed by atoms with E-state index in [0.717, 1.165) is 47.3 Å². The Morgan fingerprint density at radius 3 is 2.83 bits per heavy atom. The van der Waals surface area contributed by atoms with Gasteiger partial charge in [0.2, 0.25) is 5.91 Å². The van der Waals surface area contributed by atoms with Gasteiger partial charge in [-0.2, -0.15) is 0 Å². The zero-order valence-electron chi connectivity index (χ0n) is 13.4. The Hall–Kier alpha value is -1.70. The fourth-order valence-corrected chi connectivity index (χ4v) is 3.43. The number of benzene rings is 1. The summed E-state index contributed by atoms with van der Waals surface area (Å²) >= 11 is 1.64. The minimum Gasteiger partial charge on any atom is -0.378 e. The lowest BCUT2D eigenvalue weighted by Crippen LogP contribution is -2.36. The van der Waals surface area contributed by atoms with E-state index in [1.807, 2.05) is 32.0 Å². The molecule has 0 bridgehead atoms. The number of rotatable bonds is 4. The first-order valence-electron chi connectivity index (χ1n) is 7.84. The SMILES string of the molecule is CC(N)C(C)C(=O)Nc1ccc2nc(N3CCOCC3)sc2c1. The minimum absolute atomic E-state index is 0.0581. The summed E-state index contributed by atoms with van der Waals surface area (Å²) in [7, 11) is 0. The highest BCUT2D eigenvalue weighted by atomic mass is 32.1. The molecule has 3 rings (SSSR count). The summed E-state index contributed by atoms with van der Waals surface area (Å²) in [5.74, 6) is -0.284. The number of thiazole rings is 1. The summed E-state index contributed by atoms with van der Waals surface area (Å²) in [6.07, 6.45) is 0. The van der Waals surface area contributed by atoms with E-state index in [1.165, 1.54) is 0 Å². The van der Waals surface area contributed by atoms with Gasteiger partial charge in [0.1, 0.15) is 0 Å². The van der Waals surface area contributed by atoms with Crippen molar-refractivity contribution in [2.75, 3.05) is 36.5 Å². The van der Waals surface area contributed by atoms with Gasteiger partial charge in [-0.3, -0.25) is 4.79 Å². The van der Waals surface area contributed by atoms with Crippen LogP contribution in [0, 0.1) is 5.92 Å². The molecule has 3 N–H and O–H groups in total. The molecule has 1 aliphatic heterocycles. The van der Waals surface area contributed by atoms with Crippen molar-refractivity contribution in [3.05, 3.63) is 18.2 Å².